The molecule has 1 aromatic carbocycles. The predicted octanol–water partition coefficient (Wildman–Crippen LogP) is 4.78. The Balaban J connectivity index is 2.10. The molecule has 0 bridgehead atoms. The summed E-state index contributed by atoms with van der Waals surface area (Å²) in [6, 6.07) is 10.3. The first-order valence-electron chi connectivity index (χ1n) is 7.93. The molecule has 0 atom stereocenters. The molecular formula is C18H24N2O. The molecule has 1 heterocycles. The fraction of sp³-hybridized carbons (Fsp3) is 0.500. The Bertz CT molecular complexity index is 595. The van der Waals surface area contributed by atoms with Crippen LogP contribution in [0.5, 0.6) is 0 Å². The minimum Gasteiger partial charge on any atom is -0.367 e. The Hall–Kier alpha value is -1.77. The molecule has 0 aliphatic heterocycles. The van der Waals surface area contributed by atoms with Crippen LogP contribution in [0, 0.1) is 5.92 Å². The average molecular weight is 284 g/mol. The summed E-state index contributed by atoms with van der Waals surface area (Å²) in [7, 11) is 0. The van der Waals surface area contributed by atoms with Gasteiger partial charge in [0, 0.05) is 5.41 Å². The molecular weight excluding hydrogens is 260 g/mol. The highest BCUT2D eigenvalue weighted by atomic mass is 16.5. The molecule has 21 heavy (non-hydrogen) atoms. The van der Waals surface area contributed by atoms with E-state index in [1.807, 2.05) is 18.2 Å². The molecule has 1 aliphatic carbocycles. The van der Waals surface area contributed by atoms with Gasteiger partial charge in [0.25, 0.3) is 0 Å². The summed E-state index contributed by atoms with van der Waals surface area (Å²) < 4.78 is 5.40. The minimum atomic E-state index is 0.139. The van der Waals surface area contributed by atoms with Crippen molar-refractivity contribution >= 4 is 5.88 Å². The van der Waals surface area contributed by atoms with Crippen LogP contribution in [0.15, 0.2) is 34.9 Å². The lowest BCUT2D eigenvalue weighted by Gasteiger charge is -2.29. The Morgan fingerprint density at radius 2 is 1.86 bits per heavy atom. The van der Waals surface area contributed by atoms with E-state index in [0.29, 0.717) is 11.8 Å². The predicted molar refractivity (Wildman–Crippen MR) is 86.0 cm³/mol. The maximum atomic E-state index is 6.10. The van der Waals surface area contributed by atoms with E-state index in [1.165, 1.54) is 25.7 Å². The van der Waals surface area contributed by atoms with Gasteiger partial charge in [-0.3, -0.25) is 0 Å². The largest absolute Gasteiger partial charge is 0.367 e. The van der Waals surface area contributed by atoms with Gasteiger partial charge in [-0.05, 0) is 30.7 Å². The number of rotatable bonds is 4. The van der Waals surface area contributed by atoms with Crippen molar-refractivity contribution in [2.24, 2.45) is 5.92 Å². The number of hydrogen-bond acceptors (Lipinski definition) is 3. The van der Waals surface area contributed by atoms with Crippen LogP contribution in [0.25, 0.3) is 11.1 Å². The first kappa shape index (κ1) is 14.2. The highest BCUT2D eigenvalue weighted by molar-refractivity contribution is 5.76. The summed E-state index contributed by atoms with van der Waals surface area (Å²) in [5.41, 5.74) is 9.45. The maximum Gasteiger partial charge on any atom is 0.230 e. The van der Waals surface area contributed by atoms with Crippen LogP contribution in [0.1, 0.15) is 51.6 Å². The molecule has 3 heteroatoms. The van der Waals surface area contributed by atoms with Crippen molar-refractivity contribution in [1.82, 2.24) is 5.16 Å². The van der Waals surface area contributed by atoms with Crippen LogP contribution in [0.3, 0.4) is 0 Å². The van der Waals surface area contributed by atoms with Gasteiger partial charge < -0.3 is 10.3 Å². The van der Waals surface area contributed by atoms with Crippen molar-refractivity contribution in [3.63, 3.8) is 0 Å². The van der Waals surface area contributed by atoms with Gasteiger partial charge in [-0.25, -0.2) is 0 Å². The number of nitrogen functional groups attached to an aromatic ring is 1. The van der Waals surface area contributed by atoms with Gasteiger partial charge in [0.1, 0.15) is 0 Å². The van der Waals surface area contributed by atoms with Crippen molar-refractivity contribution in [1.29, 1.82) is 0 Å². The molecule has 0 amide bonds. The molecule has 112 valence electrons. The van der Waals surface area contributed by atoms with Gasteiger partial charge >= 0.3 is 0 Å². The molecule has 1 saturated carbocycles. The first-order chi connectivity index (χ1) is 10.1. The van der Waals surface area contributed by atoms with Crippen LogP contribution in [0.4, 0.5) is 5.88 Å². The molecule has 2 aromatic rings. The van der Waals surface area contributed by atoms with E-state index in [2.05, 4.69) is 31.1 Å². The van der Waals surface area contributed by atoms with Crippen molar-refractivity contribution in [2.45, 2.75) is 51.4 Å². The second-order valence-corrected chi connectivity index (χ2v) is 6.72. The van der Waals surface area contributed by atoms with Gasteiger partial charge in [-0.15, -0.1) is 0 Å². The van der Waals surface area contributed by atoms with Gasteiger partial charge in [-0.2, -0.15) is 0 Å². The summed E-state index contributed by atoms with van der Waals surface area (Å²) >= 11 is 0. The van der Waals surface area contributed by atoms with Crippen molar-refractivity contribution in [3.05, 3.63) is 36.0 Å². The maximum absolute atomic E-state index is 6.10. The Kier molecular flexibility index (Phi) is 3.75. The zero-order valence-electron chi connectivity index (χ0n) is 12.9. The SMILES string of the molecule is CC(C)CC1(c2noc(N)c2-c2ccccc2)CCCC1. The monoisotopic (exact) mass is 284 g/mol. The molecule has 3 rings (SSSR count). The van der Waals surface area contributed by atoms with Crippen LogP contribution < -0.4 is 5.73 Å². The normalized spacial score (nSPS) is 17.5. The van der Waals surface area contributed by atoms with E-state index in [0.717, 1.165) is 23.2 Å². The molecule has 1 aromatic heterocycles. The van der Waals surface area contributed by atoms with Crippen LogP contribution in [-0.4, -0.2) is 5.16 Å². The lowest BCUT2D eigenvalue weighted by atomic mass is 9.74. The molecule has 1 aliphatic rings. The van der Waals surface area contributed by atoms with Gasteiger partial charge in [0.05, 0.1) is 11.3 Å². The summed E-state index contributed by atoms with van der Waals surface area (Å²) in [6.45, 7) is 4.57. The fourth-order valence-electron chi connectivity index (χ4n) is 3.92. The third-order valence-electron chi connectivity index (χ3n) is 4.64. The standard InChI is InChI=1S/C18H24N2O/c1-13(2)12-18(10-6-7-11-18)16-15(17(19)21-20-16)14-8-4-3-5-9-14/h3-5,8-9,13H,6-7,10-12,19H2,1-2H3. The topological polar surface area (TPSA) is 52.0 Å². The molecule has 3 nitrogen and oxygen atoms in total. The smallest absolute Gasteiger partial charge is 0.230 e. The third-order valence-corrected chi connectivity index (χ3v) is 4.64. The van der Waals surface area contributed by atoms with Gasteiger partial charge in [0.2, 0.25) is 5.88 Å². The summed E-state index contributed by atoms with van der Waals surface area (Å²) in [4.78, 5) is 0. The fourth-order valence-corrected chi connectivity index (χ4v) is 3.92. The number of aromatic nitrogens is 1. The van der Waals surface area contributed by atoms with Gasteiger partial charge in [-0.1, -0.05) is 62.2 Å². The van der Waals surface area contributed by atoms with E-state index in [9.17, 15) is 0 Å². The second-order valence-electron chi connectivity index (χ2n) is 6.72. The Morgan fingerprint density at radius 1 is 1.19 bits per heavy atom. The first-order valence-corrected chi connectivity index (χ1v) is 7.93. The number of anilines is 1. The zero-order valence-corrected chi connectivity index (χ0v) is 12.9. The Labute approximate surface area is 126 Å². The van der Waals surface area contributed by atoms with Crippen LogP contribution >= 0.6 is 0 Å². The summed E-state index contributed by atoms with van der Waals surface area (Å²) in [6.07, 6.45) is 6.08. The molecule has 1 fully saturated rings. The van der Waals surface area contributed by atoms with Crippen LogP contribution in [0.2, 0.25) is 0 Å². The highest BCUT2D eigenvalue weighted by Crippen LogP contribution is 2.49. The zero-order chi connectivity index (χ0) is 14.9. The van der Waals surface area contributed by atoms with Crippen molar-refractivity contribution in [3.8, 4) is 11.1 Å². The number of benzene rings is 1. The molecule has 2 N–H and O–H groups in total. The van der Waals surface area contributed by atoms with Crippen molar-refractivity contribution < 1.29 is 4.52 Å². The quantitative estimate of drug-likeness (QED) is 0.878. The number of nitrogens with two attached hydrogens (primary N) is 1. The van der Waals surface area contributed by atoms with E-state index in [4.69, 9.17) is 10.3 Å². The average Bonchev–Trinajstić information content (AvgIpc) is 3.07. The minimum absolute atomic E-state index is 0.139. The lowest BCUT2D eigenvalue weighted by molar-refractivity contribution is 0.316. The van der Waals surface area contributed by atoms with Gasteiger partial charge in [0.15, 0.2) is 0 Å². The second kappa shape index (κ2) is 5.55. The summed E-state index contributed by atoms with van der Waals surface area (Å²) in [5.74, 6) is 1.09. The van der Waals surface area contributed by atoms with E-state index < -0.39 is 0 Å². The number of hydrogen-bond donors (Lipinski definition) is 1. The molecule has 0 saturated heterocycles. The summed E-state index contributed by atoms with van der Waals surface area (Å²) in [5, 5.41) is 4.40. The highest BCUT2D eigenvalue weighted by Gasteiger charge is 2.41. The van der Waals surface area contributed by atoms with Crippen LogP contribution in [-0.2, 0) is 5.41 Å². The third kappa shape index (κ3) is 2.57. The number of nitrogens with zero attached hydrogens (tertiary/aromatic N) is 1. The molecule has 0 radical (unpaired) electrons. The molecule has 0 unspecified atom stereocenters. The van der Waals surface area contributed by atoms with E-state index in [-0.39, 0.29) is 5.41 Å². The van der Waals surface area contributed by atoms with E-state index >= 15 is 0 Å². The molecule has 0 spiro atoms. The lowest BCUT2D eigenvalue weighted by Crippen LogP contribution is -2.25. The Morgan fingerprint density at radius 3 is 2.48 bits per heavy atom. The van der Waals surface area contributed by atoms with E-state index in [1.54, 1.807) is 0 Å². The van der Waals surface area contributed by atoms with Crippen molar-refractivity contribution in [2.75, 3.05) is 5.73 Å².